The number of methoxy groups -OCH3 is 1. The number of carbonyl (C=O) groups excluding carboxylic acids is 1. The third kappa shape index (κ3) is 4.92. The molecule has 2 aliphatic rings. The van der Waals surface area contributed by atoms with Crippen molar-refractivity contribution in [1.82, 2.24) is 5.32 Å². The Balaban J connectivity index is 1.42. The standard InChI is InChI=1S/C21H30FNO4/c1-21(2,25)14-6-4-13(5-7-14)20(24)23-16-11-17(12-16)27-19-10-15(22)8-9-18(19)26-3/h8-10,13-14,16-17,25H,4-7,11-12H2,1-3H3,(H,23,24)/t13-,14-,16?,17?. The lowest BCUT2D eigenvalue weighted by molar-refractivity contribution is -0.129. The molecule has 2 N–H and O–H groups in total. The van der Waals surface area contributed by atoms with Crippen LogP contribution in [0.4, 0.5) is 4.39 Å². The molecule has 27 heavy (non-hydrogen) atoms. The molecule has 150 valence electrons. The Kier molecular flexibility index (Phi) is 5.94. The lowest BCUT2D eigenvalue weighted by Gasteiger charge is -2.38. The summed E-state index contributed by atoms with van der Waals surface area (Å²) >= 11 is 0. The van der Waals surface area contributed by atoms with E-state index in [1.54, 1.807) is 6.07 Å². The van der Waals surface area contributed by atoms with Crippen LogP contribution in [0.5, 0.6) is 11.5 Å². The van der Waals surface area contributed by atoms with Gasteiger partial charge >= 0.3 is 0 Å². The van der Waals surface area contributed by atoms with Crippen molar-refractivity contribution in [2.45, 2.75) is 70.1 Å². The Labute approximate surface area is 160 Å². The molecule has 6 heteroatoms. The number of aliphatic hydroxyl groups is 1. The SMILES string of the molecule is COc1ccc(F)cc1OC1CC(NC(=O)[C@H]2CC[C@H](C(C)(C)O)CC2)C1. The van der Waals surface area contributed by atoms with Crippen LogP contribution in [-0.4, -0.2) is 35.9 Å². The summed E-state index contributed by atoms with van der Waals surface area (Å²) in [6.45, 7) is 3.69. The fourth-order valence-electron chi connectivity index (χ4n) is 4.08. The van der Waals surface area contributed by atoms with Crippen LogP contribution in [0.1, 0.15) is 52.4 Å². The van der Waals surface area contributed by atoms with Crippen LogP contribution >= 0.6 is 0 Å². The lowest BCUT2D eigenvalue weighted by atomic mass is 9.74. The van der Waals surface area contributed by atoms with Crippen molar-refractivity contribution in [3.8, 4) is 11.5 Å². The summed E-state index contributed by atoms with van der Waals surface area (Å²) in [5, 5.41) is 13.2. The number of benzene rings is 1. The zero-order valence-electron chi connectivity index (χ0n) is 16.3. The maximum absolute atomic E-state index is 13.4. The molecule has 0 spiro atoms. The van der Waals surface area contributed by atoms with Gasteiger partial charge in [-0.1, -0.05) is 0 Å². The zero-order chi connectivity index (χ0) is 19.6. The normalized spacial score (nSPS) is 28.2. The first kappa shape index (κ1) is 19.9. The molecule has 0 unspecified atom stereocenters. The van der Waals surface area contributed by atoms with E-state index in [4.69, 9.17) is 9.47 Å². The summed E-state index contributed by atoms with van der Waals surface area (Å²) in [4.78, 5) is 12.5. The average Bonchev–Trinajstić information content (AvgIpc) is 2.59. The van der Waals surface area contributed by atoms with Gasteiger partial charge in [0.2, 0.25) is 5.91 Å². The van der Waals surface area contributed by atoms with Gasteiger partial charge in [-0.15, -0.1) is 0 Å². The molecule has 0 aliphatic heterocycles. The Bertz CT molecular complexity index is 659. The van der Waals surface area contributed by atoms with Gasteiger partial charge in [0.15, 0.2) is 11.5 Å². The number of ether oxygens (including phenoxy) is 2. The number of carbonyl (C=O) groups is 1. The first-order valence-electron chi connectivity index (χ1n) is 9.79. The molecule has 1 aromatic carbocycles. The van der Waals surface area contributed by atoms with Crippen molar-refractivity contribution in [2.75, 3.05) is 7.11 Å². The molecule has 0 atom stereocenters. The van der Waals surface area contributed by atoms with Crippen LogP contribution < -0.4 is 14.8 Å². The molecule has 3 rings (SSSR count). The molecule has 0 bridgehead atoms. The molecule has 0 aromatic heterocycles. The first-order valence-corrected chi connectivity index (χ1v) is 9.79. The zero-order valence-corrected chi connectivity index (χ0v) is 16.3. The number of rotatable bonds is 6. The molecule has 1 aromatic rings. The van der Waals surface area contributed by atoms with Gasteiger partial charge in [0.1, 0.15) is 11.9 Å². The van der Waals surface area contributed by atoms with E-state index in [1.807, 2.05) is 13.8 Å². The van der Waals surface area contributed by atoms with Crippen molar-refractivity contribution < 1.29 is 23.8 Å². The molecule has 0 heterocycles. The third-order valence-corrected chi connectivity index (χ3v) is 5.96. The minimum atomic E-state index is -0.669. The highest BCUT2D eigenvalue weighted by Crippen LogP contribution is 2.36. The van der Waals surface area contributed by atoms with E-state index in [9.17, 15) is 14.3 Å². The van der Waals surface area contributed by atoms with E-state index in [0.717, 1.165) is 25.7 Å². The smallest absolute Gasteiger partial charge is 0.223 e. The second-order valence-electron chi connectivity index (χ2n) is 8.41. The van der Waals surface area contributed by atoms with Crippen LogP contribution in [-0.2, 0) is 4.79 Å². The molecule has 5 nitrogen and oxygen atoms in total. The Morgan fingerprint density at radius 3 is 2.44 bits per heavy atom. The van der Waals surface area contributed by atoms with Gasteiger partial charge in [-0.2, -0.15) is 0 Å². The molecule has 0 saturated heterocycles. The fraction of sp³-hybridized carbons (Fsp3) is 0.667. The van der Waals surface area contributed by atoms with Gasteiger partial charge < -0.3 is 19.9 Å². The average molecular weight is 379 g/mol. The number of halogens is 1. The number of amides is 1. The van der Waals surface area contributed by atoms with Gasteiger partial charge in [0, 0.05) is 30.9 Å². The maximum Gasteiger partial charge on any atom is 0.223 e. The van der Waals surface area contributed by atoms with E-state index in [2.05, 4.69) is 5.32 Å². The Morgan fingerprint density at radius 1 is 1.19 bits per heavy atom. The summed E-state index contributed by atoms with van der Waals surface area (Å²) < 4.78 is 24.4. The number of hydrogen-bond acceptors (Lipinski definition) is 4. The molecule has 1 amide bonds. The Morgan fingerprint density at radius 2 is 1.85 bits per heavy atom. The summed E-state index contributed by atoms with van der Waals surface area (Å²) in [6.07, 6.45) is 4.81. The van der Waals surface area contributed by atoms with Gasteiger partial charge in [-0.3, -0.25) is 4.79 Å². The monoisotopic (exact) mass is 379 g/mol. The molecule has 2 fully saturated rings. The van der Waals surface area contributed by atoms with Gasteiger partial charge in [-0.25, -0.2) is 4.39 Å². The highest BCUT2D eigenvalue weighted by molar-refractivity contribution is 5.79. The van der Waals surface area contributed by atoms with Crippen molar-refractivity contribution in [2.24, 2.45) is 11.8 Å². The second kappa shape index (κ2) is 8.05. The molecule has 2 aliphatic carbocycles. The minimum absolute atomic E-state index is 0.0341. The first-order chi connectivity index (χ1) is 12.8. The topological polar surface area (TPSA) is 67.8 Å². The predicted octanol–water partition coefficient (Wildman–Crippen LogP) is 3.44. The summed E-state index contributed by atoms with van der Waals surface area (Å²) in [5.41, 5.74) is -0.669. The summed E-state index contributed by atoms with van der Waals surface area (Å²) in [5.74, 6) is 0.952. The lowest BCUT2D eigenvalue weighted by Crippen LogP contribution is -2.51. The molecule has 2 saturated carbocycles. The Hall–Kier alpha value is -1.82. The third-order valence-electron chi connectivity index (χ3n) is 5.96. The highest BCUT2D eigenvalue weighted by atomic mass is 19.1. The van der Waals surface area contributed by atoms with E-state index >= 15 is 0 Å². The van der Waals surface area contributed by atoms with Crippen molar-refractivity contribution in [3.05, 3.63) is 24.0 Å². The largest absolute Gasteiger partial charge is 0.493 e. The quantitative estimate of drug-likeness (QED) is 0.795. The van der Waals surface area contributed by atoms with E-state index in [0.29, 0.717) is 24.3 Å². The summed E-state index contributed by atoms with van der Waals surface area (Å²) in [7, 11) is 1.52. The van der Waals surface area contributed by atoms with Crippen LogP contribution in [0.25, 0.3) is 0 Å². The minimum Gasteiger partial charge on any atom is -0.493 e. The van der Waals surface area contributed by atoms with E-state index in [-0.39, 0.29) is 35.7 Å². The number of hydrogen-bond donors (Lipinski definition) is 2. The highest BCUT2D eigenvalue weighted by Gasteiger charge is 2.37. The molecular weight excluding hydrogens is 349 g/mol. The van der Waals surface area contributed by atoms with Crippen molar-refractivity contribution >= 4 is 5.91 Å². The molecule has 0 radical (unpaired) electrons. The van der Waals surface area contributed by atoms with Crippen molar-refractivity contribution in [3.63, 3.8) is 0 Å². The maximum atomic E-state index is 13.4. The van der Waals surface area contributed by atoms with Crippen LogP contribution in [0.2, 0.25) is 0 Å². The van der Waals surface area contributed by atoms with Crippen LogP contribution in [0, 0.1) is 17.7 Å². The molecular formula is C21H30FNO4. The summed E-state index contributed by atoms with van der Waals surface area (Å²) in [6, 6.07) is 4.31. The van der Waals surface area contributed by atoms with Crippen LogP contribution in [0.3, 0.4) is 0 Å². The van der Waals surface area contributed by atoms with E-state index in [1.165, 1.54) is 19.2 Å². The van der Waals surface area contributed by atoms with Gasteiger partial charge in [0.25, 0.3) is 0 Å². The predicted molar refractivity (Wildman–Crippen MR) is 100 cm³/mol. The van der Waals surface area contributed by atoms with Gasteiger partial charge in [-0.05, 0) is 57.6 Å². The number of nitrogens with one attached hydrogen (secondary N) is 1. The van der Waals surface area contributed by atoms with Crippen LogP contribution in [0.15, 0.2) is 18.2 Å². The van der Waals surface area contributed by atoms with E-state index < -0.39 is 5.60 Å². The second-order valence-corrected chi connectivity index (χ2v) is 8.41. The van der Waals surface area contributed by atoms with Gasteiger partial charge in [0.05, 0.1) is 12.7 Å². The van der Waals surface area contributed by atoms with Crippen molar-refractivity contribution in [1.29, 1.82) is 0 Å². The fourth-order valence-corrected chi connectivity index (χ4v) is 4.08.